The zero-order chi connectivity index (χ0) is 23.1. The normalized spacial score (nSPS) is 17.2. The summed E-state index contributed by atoms with van der Waals surface area (Å²) in [4.78, 5) is 0. The van der Waals surface area contributed by atoms with Gasteiger partial charge in [-0.2, -0.15) is 0 Å². The van der Waals surface area contributed by atoms with Crippen LogP contribution in [0.5, 0.6) is 0 Å². The summed E-state index contributed by atoms with van der Waals surface area (Å²) in [6.07, 6.45) is -7.77. The number of rotatable bonds is 19. The molecule has 0 rings (SSSR count). The first-order valence-electron chi connectivity index (χ1n) is 9.97. The maximum Gasteiger partial charge on any atom is 0.110 e. The van der Waals surface area contributed by atoms with Crippen LogP contribution >= 0.6 is 0 Å². The number of hydrogen-bond donors (Lipinski definition) is 9. The zero-order valence-corrected chi connectivity index (χ0v) is 17.2. The molecule has 0 aromatic carbocycles. The fourth-order valence-electron chi connectivity index (χ4n) is 2.82. The third-order valence-corrected chi connectivity index (χ3v) is 4.69. The van der Waals surface area contributed by atoms with Crippen molar-refractivity contribution >= 4 is 0 Å². The summed E-state index contributed by atoms with van der Waals surface area (Å²) in [6.45, 7) is 1.11. The summed E-state index contributed by atoms with van der Waals surface area (Å²) >= 11 is 0. The van der Waals surface area contributed by atoms with Crippen LogP contribution in [-0.2, 0) is 9.47 Å². The predicted octanol–water partition coefficient (Wildman–Crippen LogP) is -3.35. The van der Waals surface area contributed by atoms with Gasteiger partial charge in [-0.15, -0.1) is 0 Å². The highest BCUT2D eigenvalue weighted by Crippen LogP contribution is 2.21. The summed E-state index contributed by atoms with van der Waals surface area (Å²) in [6, 6.07) is 0. The van der Waals surface area contributed by atoms with Gasteiger partial charge in [-0.25, -0.2) is 0 Å². The number of hydrogen-bond acceptors (Lipinski definition) is 11. The lowest BCUT2D eigenvalue weighted by molar-refractivity contribution is -0.134. The summed E-state index contributed by atoms with van der Waals surface area (Å²) in [5.74, 6) is 0. The molecule has 0 amide bonds. The van der Waals surface area contributed by atoms with E-state index in [1.165, 1.54) is 0 Å². The molecule has 0 aromatic rings. The molecule has 0 bridgehead atoms. The van der Waals surface area contributed by atoms with Gasteiger partial charge in [0, 0.05) is 13.2 Å². The molecule has 0 unspecified atom stereocenters. The molecule has 0 aliphatic heterocycles. The van der Waals surface area contributed by atoms with Gasteiger partial charge in [-0.05, 0) is 31.3 Å². The summed E-state index contributed by atoms with van der Waals surface area (Å²) in [7, 11) is 0. The molecule has 5 atom stereocenters. The molecule has 0 aliphatic rings. The number of aliphatic hydroxyl groups excluding tert-OH is 9. The van der Waals surface area contributed by atoms with Crippen molar-refractivity contribution in [2.45, 2.75) is 68.4 Å². The third kappa shape index (κ3) is 10.6. The average Bonchev–Trinajstić information content (AvgIpc) is 2.76. The highest BCUT2D eigenvalue weighted by atomic mass is 16.5. The van der Waals surface area contributed by atoms with Crippen LogP contribution in [0.1, 0.15) is 25.7 Å². The largest absolute Gasteiger partial charge is 0.396 e. The van der Waals surface area contributed by atoms with E-state index < -0.39 is 69.2 Å². The van der Waals surface area contributed by atoms with Gasteiger partial charge in [0.05, 0.1) is 44.7 Å². The molecule has 0 aliphatic carbocycles. The lowest BCUT2D eigenvalue weighted by Crippen LogP contribution is -2.44. The Labute approximate surface area is 176 Å². The smallest absolute Gasteiger partial charge is 0.110 e. The molecular weight excluding hydrogens is 404 g/mol. The van der Waals surface area contributed by atoms with E-state index in [0.29, 0.717) is 0 Å². The van der Waals surface area contributed by atoms with E-state index in [2.05, 4.69) is 6.58 Å². The Hall–Kier alpha value is -0.700. The van der Waals surface area contributed by atoms with Gasteiger partial charge >= 0.3 is 0 Å². The van der Waals surface area contributed by atoms with Gasteiger partial charge in [0.25, 0.3) is 0 Å². The Kier molecular flexibility index (Phi) is 16.5. The van der Waals surface area contributed by atoms with Crippen molar-refractivity contribution < 1.29 is 55.4 Å². The minimum atomic E-state index is -1.50. The molecule has 0 heterocycles. The van der Waals surface area contributed by atoms with Gasteiger partial charge in [0.15, 0.2) is 0 Å². The summed E-state index contributed by atoms with van der Waals surface area (Å²) in [5.41, 5.74) is 0.168. The van der Waals surface area contributed by atoms with E-state index in [9.17, 15) is 15.3 Å². The van der Waals surface area contributed by atoms with E-state index in [-0.39, 0.29) is 44.5 Å². The molecule has 0 radical (unpaired) electrons. The second-order valence-corrected chi connectivity index (χ2v) is 7.05. The SMILES string of the molecule is C=C(CC[C@@H](O)[C@@H](CCO)OC(CO)CO)[C@@H](O)[C@@H](O)[C@@H](CCO)OC(CO)CO. The van der Waals surface area contributed by atoms with E-state index in [1.54, 1.807) is 0 Å². The molecule has 180 valence electrons. The van der Waals surface area contributed by atoms with Crippen LogP contribution in [0.3, 0.4) is 0 Å². The molecule has 11 heteroatoms. The summed E-state index contributed by atoms with van der Waals surface area (Å²) < 4.78 is 10.7. The lowest BCUT2D eigenvalue weighted by Gasteiger charge is -2.31. The third-order valence-electron chi connectivity index (χ3n) is 4.69. The van der Waals surface area contributed by atoms with E-state index in [4.69, 9.17) is 40.1 Å². The van der Waals surface area contributed by atoms with Crippen LogP contribution in [0.15, 0.2) is 12.2 Å². The van der Waals surface area contributed by atoms with Crippen molar-refractivity contribution in [3.05, 3.63) is 12.2 Å². The Balaban J connectivity index is 4.86. The highest BCUT2D eigenvalue weighted by Gasteiger charge is 2.31. The highest BCUT2D eigenvalue weighted by molar-refractivity contribution is 5.06. The molecule has 0 aromatic heterocycles. The fraction of sp³-hybridized carbons (Fsp3) is 0.895. The Morgan fingerprint density at radius 1 is 0.667 bits per heavy atom. The van der Waals surface area contributed by atoms with Crippen LogP contribution < -0.4 is 0 Å². The number of aliphatic hydroxyl groups is 9. The first-order chi connectivity index (χ1) is 14.3. The quantitative estimate of drug-likeness (QED) is 0.0905. The molecule has 0 spiro atoms. The second kappa shape index (κ2) is 16.9. The van der Waals surface area contributed by atoms with Crippen molar-refractivity contribution in [3.8, 4) is 0 Å². The summed E-state index contributed by atoms with van der Waals surface area (Å²) in [5, 5.41) is 85.8. The Bertz CT molecular complexity index is 429. The van der Waals surface area contributed by atoms with Crippen LogP contribution in [0.25, 0.3) is 0 Å². The topological polar surface area (TPSA) is 201 Å². The van der Waals surface area contributed by atoms with E-state index in [0.717, 1.165) is 0 Å². The fourth-order valence-corrected chi connectivity index (χ4v) is 2.82. The predicted molar refractivity (Wildman–Crippen MR) is 105 cm³/mol. The maximum absolute atomic E-state index is 10.4. The molecule has 0 fully saturated rings. The number of ether oxygens (including phenoxy) is 2. The van der Waals surface area contributed by atoms with Crippen molar-refractivity contribution in [3.63, 3.8) is 0 Å². The molecule has 30 heavy (non-hydrogen) atoms. The van der Waals surface area contributed by atoms with Crippen molar-refractivity contribution in [2.24, 2.45) is 0 Å². The van der Waals surface area contributed by atoms with Crippen molar-refractivity contribution in [1.29, 1.82) is 0 Å². The minimum absolute atomic E-state index is 0.0539. The minimum Gasteiger partial charge on any atom is -0.396 e. The van der Waals surface area contributed by atoms with Crippen LogP contribution in [-0.4, -0.2) is 128 Å². The first-order valence-corrected chi connectivity index (χ1v) is 9.97. The van der Waals surface area contributed by atoms with Gasteiger partial charge in [-0.1, -0.05) is 6.58 Å². The Morgan fingerprint density at radius 3 is 1.53 bits per heavy atom. The lowest BCUT2D eigenvalue weighted by atomic mass is 9.94. The van der Waals surface area contributed by atoms with Crippen LogP contribution in [0.4, 0.5) is 0 Å². The first kappa shape index (κ1) is 29.3. The molecular formula is C19H38O11. The van der Waals surface area contributed by atoms with Crippen LogP contribution in [0.2, 0.25) is 0 Å². The molecule has 9 N–H and O–H groups in total. The van der Waals surface area contributed by atoms with Gasteiger partial charge < -0.3 is 55.4 Å². The molecule has 11 nitrogen and oxygen atoms in total. The molecule has 0 saturated heterocycles. The maximum atomic E-state index is 10.4. The average molecular weight is 443 g/mol. The Morgan fingerprint density at radius 2 is 1.10 bits per heavy atom. The molecule has 0 saturated carbocycles. The monoisotopic (exact) mass is 442 g/mol. The van der Waals surface area contributed by atoms with Crippen molar-refractivity contribution in [2.75, 3.05) is 39.6 Å². The standard InChI is InChI=1S/C19H38O11/c1-12(2-3-15(26)16(4-6-20)29-13(8-22)9-23)18(27)19(28)17(5-7-21)30-14(10-24)11-25/h13-28H,1-11H2/t15-,16-,17-,18-,19+/m1/s1. The van der Waals surface area contributed by atoms with E-state index in [1.807, 2.05) is 0 Å². The zero-order valence-electron chi connectivity index (χ0n) is 17.2. The van der Waals surface area contributed by atoms with E-state index >= 15 is 0 Å². The van der Waals surface area contributed by atoms with Crippen LogP contribution in [0, 0.1) is 0 Å². The van der Waals surface area contributed by atoms with Gasteiger partial charge in [0.1, 0.15) is 24.4 Å². The second-order valence-electron chi connectivity index (χ2n) is 7.05. The van der Waals surface area contributed by atoms with Crippen molar-refractivity contribution in [1.82, 2.24) is 0 Å². The van der Waals surface area contributed by atoms with Gasteiger partial charge in [0.2, 0.25) is 0 Å². The van der Waals surface area contributed by atoms with Gasteiger partial charge in [-0.3, -0.25) is 0 Å².